The molecule has 0 bridgehead atoms. The zero-order chi connectivity index (χ0) is 28.8. The number of anilines is 1. The molecule has 0 unspecified atom stereocenters. The Bertz CT molecular complexity index is 1520. The number of para-hydroxylation sites is 1. The predicted molar refractivity (Wildman–Crippen MR) is 139 cm³/mol. The van der Waals surface area contributed by atoms with Crippen molar-refractivity contribution in [1.82, 2.24) is 10.2 Å². The number of imide groups is 1. The standard InChI is InChI=1S/C27H22N4O9/c1-2-39-27(36)40-19-10-7-16(8-11-19)24(33)28-14-17-5-3-4-6-22(17)29-23(32)15-30-25(34)20-12-9-18(31(37)38)13-21(20)26(30)35/h3-13H,2,14-15H2,1H3,(H,28,33)(H,29,32). The van der Waals surface area contributed by atoms with Crippen molar-refractivity contribution < 1.29 is 38.4 Å². The molecule has 0 saturated carbocycles. The number of non-ortho nitro benzene ring substituents is 1. The molecule has 1 aliphatic rings. The van der Waals surface area contributed by atoms with Crippen LogP contribution in [-0.2, 0) is 16.1 Å². The van der Waals surface area contributed by atoms with Gasteiger partial charge in [0.2, 0.25) is 5.91 Å². The van der Waals surface area contributed by atoms with Crippen molar-refractivity contribution in [3.8, 4) is 5.75 Å². The number of fused-ring (bicyclic) bond motifs is 1. The maximum atomic E-state index is 12.7. The van der Waals surface area contributed by atoms with E-state index in [4.69, 9.17) is 9.47 Å². The molecule has 0 aliphatic carbocycles. The number of amides is 4. The van der Waals surface area contributed by atoms with E-state index in [9.17, 15) is 34.1 Å². The Morgan fingerprint density at radius 3 is 2.35 bits per heavy atom. The number of nitrogens with zero attached hydrogens (tertiary/aromatic N) is 2. The zero-order valence-corrected chi connectivity index (χ0v) is 21.0. The molecule has 13 nitrogen and oxygen atoms in total. The summed E-state index contributed by atoms with van der Waals surface area (Å²) in [7, 11) is 0. The maximum Gasteiger partial charge on any atom is 0.513 e. The minimum atomic E-state index is -0.856. The average Bonchev–Trinajstić information content (AvgIpc) is 3.17. The molecule has 40 heavy (non-hydrogen) atoms. The maximum absolute atomic E-state index is 12.7. The molecular formula is C27H22N4O9. The molecule has 3 aromatic carbocycles. The van der Waals surface area contributed by atoms with Gasteiger partial charge in [0.15, 0.2) is 0 Å². The fraction of sp³-hybridized carbons (Fsp3) is 0.148. The highest BCUT2D eigenvalue weighted by atomic mass is 16.7. The summed E-state index contributed by atoms with van der Waals surface area (Å²) in [5, 5.41) is 16.4. The molecule has 0 fully saturated rings. The summed E-state index contributed by atoms with van der Waals surface area (Å²) in [6.45, 7) is 1.23. The molecule has 0 atom stereocenters. The van der Waals surface area contributed by atoms with Crippen molar-refractivity contribution in [2.45, 2.75) is 13.5 Å². The number of rotatable bonds is 9. The van der Waals surface area contributed by atoms with Gasteiger partial charge in [-0.05, 0) is 48.9 Å². The van der Waals surface area contributed by atoms with Crippen molar-refractivity contribution in [3.63, 3.8) is 0 Å². The molecule has 13 heteroatoms. The smallest absolute Gasteiger partial charge is 0.434 e. The second-order valence-corrected chi connectivity index (χ2v) is 8.38. The Morgan fingerprint density at radius 1 is 0.950 bits per heavy atom. The quantitative estimate of drug-likeness (QED) is 0.134. The summed E-state index contributed by atoms with van der Waals surface area (Å²) in [6.07, 6.45) is -0.856. The number of nitrogens with one attached hydrogen (secondary N) is 2. The summed E-state index contributed by atoms with van der Waals surface area (Å²) in [4.78, 5) is 73.1. The lowest BCUT2D eigenvalue weighted by Crippen LogP contribution is -2.37. The van der Waals surface area contributed by atoms with E-state index in [1.807, 2.05) is 0 Å². The number of hydrogen-bond donors (Lipinski definition) is 2. The number of nitro groups is 1. The van der Waals surface area contributed by atoms with Gasteiger partial charge in [-0.25, -0.2) is 4.79 Å². The summed E-state index contributed by atoms with van der Waals surface area (Å²) >= 11 is 0. The van der Waals surface area contributed by atoms with Gasteiger partial charge in [0.25, 0.3) is 23.4 Å². The molecular weight excluding hydrogens is 524 g/mol. The highest BCUT2D eigenvalue weighted by Crippen LogP contribution is 2.27. The number of nitro benzene ring substituents is 1. The van der Waals surface area contributed by atoms with Gasteiger partial charge in [-0.15, -0.1) is 0 Å². The molecule has 204 valence electrons. The normalized spacial score (nSPS) is 12.0. The molecule has 1 aliphatic heterocycles. The number of hydrogen-bond acceptors (Lipinski definition) is 9. The number of ether oxygens (including phenoxy) is 2. The van der Waals surface area contributed by atoms with E-state index >= 15 is 0 Å². The van der Waals surface area contributed by atoms with Gasteiger partial charge in [0, 0.05) is 29.9 Å². The Labute approximate surface area is 226 Å². The van der Waals surface area contributed by atoms with E-state index in [-0.39, 0.29) is 35.7 Å². The highest BCUT2D eigenvalue weighted by Gasteiger charge is 2.37. The van der Waals surface area contributed by atoms with Crippen LogP contribution >= 0.6 is 0 Å². The fourth-order valence-corrected chi connectivity index (χ4v) is 3.86. The Morgan fingerprint density at radius 2 is 1.65 bits per heavy atom. The summed E-state index contributed by atoms with van der Waals surface area (Å²) in [6, 6.07) is 15.7. The minimum Gasteiger partial charge on any atom is -0.434 e. The van der Waals surface area contributed by atoms with Crippen LogP contribution in [0.5, 0.6) is 5.75 Å². The van der Waals surface area contributed by atoms with E-state index in [0.717, 1.165) is 12.1 Å². The van der Waals surface area contributed by atoms with Gasteiger partial charge in [-0.1, -0.05) is 18.2 Å². The van der Waals surface area contributed by atoms with Crippen LogP contribution in [0.15, 0.2) is 66.7 Å². The van der Waals surface area contributed by atoms with Crippen LogP contribution in [0.4, 0.5) is 16.2 Å². The largest absolute Gasteiger partial charge is 0.513 e. The summed E-state index contributed by atoms with van der Waals surface area (Å²) in [5.74, 6) is -2.44. The molecule has 3 aromatic rings. The van der Waals surface area contributed by atoms with Crippen LogP contribution in [0, 0.1) is 10.1 Å². The number of carbonyl (C=O) groups excluding carboxylic acids is 5. The minimum absolute atomic E-state index is 0.0213. The van der Waals surface area contributed by atoms with Gasteiger partial charge < -0.3 is 20.1 Å². The van der Waals surface area contributed by atoms with Crippen molar-refractivity contribution in [2.24, 2.45) is 0 Å². The SMILES string of the molecule is CCOC(=O)Oc1ccc(C(=O)NCc2ccccc2NC(=O)CN2C(=O)c3ccc([N+](=O)[O-])cc3C2=O)cc1. The van der Waals surface area contributed by atoms with Gasteiger partial charge in [-0.2, -0.15) is 0 Å². The topological polar surface area (TPSA) is 174 Å². The number of carbonyl (C=O) groups is 5. The van der Waals surface area contributed by atoms with E-state index in [2.05, 4.69) is 10.6 Å². The summed E-state index contributed by atoms with van der Waals surface area (Å²) in [5.41, 5.74) is 0.678. The second-order valence-electron chi connectivity index (χ2n) is 8.38. The van der Waals surface area contributed by atoms with Crippen molar-refractivity contribution in [3.05, 3.63) is 99.1 Å². The van der Waals surface area contributed by atoms with Gasteiger partial charge >= 0.3 is 6.16 Å². The molecule has 0 radical (unpaired) electrons. The molecule has 4 rings (SSSR count). The van der Waals surface area contributed by atoms with Crippen LogP contribution in [0.2, 0.25) is 0 Å². The van der Waals surface area contributed by atoms with Gasteiger partial charge in [0.1, 0.15) is 12.3 Å². The Kier molecular flexibility index (Phi) is 8.13. The first kappa shape index (κ1) is 27.4. The van der Waals surface area contributed by atoms with Crippen LogP contribution in [0.1, 0.15) is 43.6 Å². The fourth-order valence-electron chi connectivity index (χ4n) is 3.86. The first-order valence-electron chi connectivity index (χ1n) is 11.9. The Balaban J connectivity index is 1.36. The van der Waals surface area contributed by atoms with Crippen LogP contribution in [0.3, 0.4) is 0 Å². The van der Waals surface area contributed by atoms with Crippen molar-refractivity contribution in [1.29, 1.82) is 0 Å². The molecule has 4 amide bonds. The molecule has 2 N–H and O–H groups in total. The third kappa shape index (κ3) is 6.10. The van der Waals surface area contributed by atoms with Crippen molar-refractivity contribution >= 4 is 41.2 Å². The van der Waals surface area contributed by atoms with E-state index in [1.165, 1.54) is 30.3 Å². The molecule has 0 spiro atoms. The van der Waals surface area contributed by atoms with E-state index in [0.29, 0.717) is 21.7 Å². The van der Waals surface area contributed by atoms with E-state index in [1.54, 1.807) is 31.2 Å². The monoisotopic (exact) mass is 546 g/mol. The highest BCUT2D eigenvalue weighted by molar-refractivity contribution is 6.23. The summed E-state index contributed by atoms with van der Waals surface area (Å²) < 4.78 is 9.66. The lowest BCUT2D eigenvalue weighted by Gasteiger charge is -2.16. The lowest BCUT2D eigenvalue weighted by molar-refractivity contribution is -0.384. The molecule has 1 heterocycles. The predicted octanol–water partition coefficient (Wildman–Crippen LogP) is 3.29. The van der Waals surface area contributed by atoms with E-state index < -0.39 is 41.3 Å². The third-order valence-corrected chi connectivity index (χ3v) is 5.78. The van der Waals surface area contributed by atoms with Crippen LogP contribution in [-0.4, -0.2) is 52.8 Å². The second kappa shape index (κ2) is 11.9. The van der Waals surface area contributed by atoms with Gasteiger partial charge in [-0.3, -0.25) is 34.2 Å². The average molecular weight is 546 g/mol. The van der Waals surface area contributed by atoms with Crippen LogP contribution in [0.25, 0.3) is 0 Å². The van der Waals surface area contributed by atoms with Gasteiger partial charge in [0.05, 0.1) is 22.7 Å². The first-order chi connectivity index (χ1) is 19.2. The lowest BCUT2D eigenvalue weighted by atomic mass is 10.1. The third-order valence-electron chi connectivity index (χ3n) is 5.78. The van der Waals surface area contributed by atoms with Crippen LogP contribution < -0.4 is 15.4 Å². The molecule has 0 saturated heterocycles. The number of benzene rings is 3. The first-order valence-corrected chi connectivity index (χ1v) is 11.9. The Hall–Kier alpha value is -5.59. The zero-order valence-electron chi connectivity index (χ0n) is 21.0. The van der Waals surface area contributed by atoms with Crippen molar-refractivity contribution in [2.75, 3.05) is 18.5 Å². The molecule has 0 aromatic heterocycles.